The molecule has 1 atom stereocenters. The summed E-state index contributed by atoms with van der Waals surface area (Å²) in [5, 5.41) is 4.31. The van der Waals surface area contributed by atoms with Crippen molar-refractivity contribution in [3.63, 3.8) is 0 Å². The average molecular weight is 278 g/mol. The summed E-state index contributed by atoms with van der Waals surface area (Å²) in [6.07, 6.45) is 1.99. The van der Waals surface area contributed by atoms with Crippen LogP contribution in [0.5, 0.6) is 0 Å². The second-order valence-corrected chi connectivity index (χ2v) is 5.23. The Bertz CT molecular complexity index is 521. The van der Waals surface area contributed by atoms with Crippen LogP contribution < -0.4 is 5.32 Å². The van der Waals surface area contributed by atoms with Crippen molar-refractivity contribution in [1.82, 2.24) is 5.32 Å². The second kappa shape index (κ2) is 6.78. The molecular weight excluding hydrogens is 258 g/mol. The van der Waals surface area contributed by atoms with Gasteiger partial charge in [0.1, 0.15) is 11.5 Å². The van der Waals surface area contributed by atoms with Crippen LogP contribution in [0.25, 0.3) is 0 Å². The van der Waals surface area contributed by atoms with Gasteiger partial charge in [-0.3, -0.25) is 0 Å². The Hall–Kier alpha value is -1.25. The molecule has 0 spiro atoms. The van der Waals surface area contributed by atoms with Crippen LogP contribution in [-0.4, -0.2) is 6.54 Å². The van der Waals surface area contributed by atoms with Crippen LogP contribution in [-0.2, 0) is 6.42 Å². The lowest BCUT2D eigenvalue weighted by molar-refractivity contribution is 0.398. The van der Waals surface area contributed by atoms with E-state index in [2.05, 4.69) is 18.3 Å². The summed E-state index contributed by atoms with van der Waals surface area (Å²) >= 11 is 6.04. The van der Waals surface area contributed by atoms with Gasteiger partial charge in [0.05, 0.1) is 6.04 Å². The maximum atomic E-state index is 6.04. The molecule has 0 radical (unpaired) electrons. The molecule has 1 heterocycles. The van der Waals surface area contributed by atoms with Gasteiger partial charge in [-0.05, 0) is 56.1 Å². The summed E-state index contributed by atoms with van der Waals surface area (Å²) in [5.74, 6) is 1.94. The second-order valence-electron chi connectivity index (χ2n) is 4.79. The van der Waals surface area contributed by atoms with Crippen LogP contribution in [0.2, 0.25) is 5.02 Å². The third-order valence-electron chi connectivity index (χ3n) is 3.07. The quantitative estimate of drug-likeness (QED) is 0.839. The van der Waals surface area contributed by atoms with E-state index in [1.54, 1.807) is 0 Å². The van der Waals surface area contributed by atoms with Gasteiger partial charge in [0.2, 0.25) is 0 Å². The van der Waals surface area contributed by atoms with Gasteiger partial charge in [-0.1, -0.05) is 30.7 Å². The van der Waals surface area contributed by atoms with Gasteiger partial charge >= 0.3 is 0 Å². The molecule has 102 valence electrons. The number of aryl methyl sites for hydroxylation is 1. The van der Waals surface area contributed by atoms with Crippen molar-refractivity contribution in [3.05, 3.63) is 58.5 Å². The first-order chi connectivity index (χ1) is 9.19. The largest absolute Gasteiger partial charge is 0.465 e. The lowest BCUT2D eigenvalue weighted by atomic mass is 10.0. The zero-order valence-corrected chi connectivity index (χ0v) is 12.2. The lowest BCUT2D eigenvalue weighted by Crippen LogP contribution is -2.23. The Labute approximate surface area is 119 Å². The Balaban J connectivity index is 2.13. The summed E-state index contributed by atoms with van der Waals surface area (Å²) < 4.78 is 5.75. The highest BCUT2D eigenvalue weighted by atomic mass is 35.5. The molecule has 1 N–H and O–H groups in total. The molecule has 1 aromatic heterocycles. The highest BCUT2D eigenvalue weighted by Crippen LogP contribution is 2.22. The monoisotopic (exact) mass is 277 g/mol. The van der Waals surface area contributed by atoms with Crippen molar-refractivity contribution in [2.24, 2.45) is 0 Å². The van der Waals surface area contributed by atoms with Gasteiger partial charge in [-0.25, -0.2) is 0 Å². The van der Waals surface area contributed by atoms with E-state index in [4.69, 9.17) is 16.0 Å². The van der Waals surface area contributed by atoms with Gasteiger partial charge in [0.25, 0.3) is 0 Å². The molecule has 0 bridgehead atoms. The number of benzene rings is 1. The number of furan rings is 1. The molecule has 2 rings (SSSR count). The van der Waals surface area contributed by atoms with Crippen molar-refractivity contribution in [2.75, 3.05) is 6.54 Å². The molecule has 3 heteroatoms. The van der Waals surface area contributed by atoms with Crippen LogP contribution in [0.3, 0.4) is 0 Å². The molecule has 0 aliphatic carbocycles. The first-order valence-electron chi connectivity index (χ1n) is 6.73. The van der Waals surface area contributed by atoms with E-state index in [9.17, 15) is 0 Å². The van der Waals surface area contributed by atoms with Crippen LogP contribution in [0.4, 0.5) is 0 Å². The molecular formula is C16H20ClNO. The minimum Gasteiger partial charge on any atom is -0.465 e. The summed E-state index contributed by atoms with van der Waals surface area (Å²) in [6.45, 7) is 5.11. The third kappa shape index (κ3) is 4.12. The number of hydrogen-bond acceptors (Lipinski definition) is 2. The highest BCUT2D eigenvalue weighted by molar-refractivity contribution is 6.30. The molecule has 0 amide bonds. The fourth-order valence-electron chi connectivity index (χ4n) is 2.13. The maximum absolute atomic E-state index is 6.04. The maximum Gasteiger partial charge on any atom is 0.121 e. The topological polar surface area (TPSA) is 25.2 Å². The van der Waals surface area contributed by atoms with Gasteiger partial charge in [0.15, 0.2) is 0 Å². The van der Waals surface area contributed by atoms with E-state index in [0.717, 1.165) is 35.9 Å². The molecule has 1 unspecified atom stereocenters. The molecule has 2 nitrogen and oxygen atoms in total. The van der Waals surface area contributed by atoms with E-state index in [1.165, 1.54) is 5.56 Å². The fraction of sp³-hybridized carbons (Fsp3) is 0.375. The minimum absolute atomic E-state index is 0.201. The van der Waals surface area contributed by atoms with Crippen LogP contribution in [0.1, 0.15) is 36.5 Å². The predicted molar refractivity (Wildman–Crippen MR) is 79.6 cm³/mol. The first kappa shape index (κ1) is 14.2. The Morgan fingerprint density at radius 1 is 1.26 bits per heavy atom. The zero-order valence-electron chi connectivity index (χ0n) is 11.4. The van der Waals surface area contributed by atoms with Gasteiger partial charge in [-0.15, -0.1) is 0 Å². The number of hydrogen-bond donors (Lipinski definition) is 1. The van der Waals surface area contributed by atoms with Crippen LogP contribution in [0, 0.1) is 6.92 Å². The van der Waals surface area contributed by atoms with E-state index in [-0.39, 0.29) is 6.04 Å². The lowest BCUT2D eigenvalue weighted by Gasteiger charge is -2.16. The fourth-order valence-corrected chi connectivity index (χ4v) is 2.35. The Morgan fingerprint density at radius 3 is 2.74 bits per heavy atom. The number of rotatable bonds is 6. The highest BCUT2D eigenvalue weighted by Gasteiger charge is 2.15. The van der Waals surface area contributed by atoms with E-state index in [0.29, 0.717) is 0 Å². The van der Waals surface area contributed by atoms with Crippen molar-refractivity contribution >= 4 is 11.6 Å². The predicted octanol–water partition coefficient (Wildman–Crippen LogP) is 4.52. The molecule has 19 heavy (non-hydrogen) atoms. The summed E-state index contributed by atoms with van der Waals surface area (Å²) in [6, 6.07) is 12.3. The zero-order chi connectivity index (χ0) is 13.7. The number of nitrogens with one attached hydrogen (secondary N) is 1. The van der Waals surface area contributed by atoms with Gasteiger partial charge in [-0.2, -0.15) is 0 Å². The molecule has 0 saturated heterocycles. The minimum atomic E-state index is 0.201. The standard InChI is InChI=1S/C16H20ClNO/c1-3-9-18-15(16-8-7-12(2)19-16)11-13-5-4-6-14(17)10-13/h4-8,10,15,18H,3,9,11H2,1-2H3. The van der Waals surface area contributed by atoms with Gasteiger partial charge < -0.3 is 9.73 Å². The Kier molecular flexibility index (Phi) is 5.06. The summed E-state index contributed by atoms with van der Waals surface area (Å²) in [4.78, 5) is 0. The molecule has 2 aromatic rings. The molecule has 0 saturated carbocycles. The number of halogens is 1. The van der Waals surface area contributed by atoms with E-state index < -0.39 is 0 Å². The Morgan fingerprint density at radius 2 is 2.11 bits per heavy atom. The van der Waals surface area contributed by atoms with Crippen molar-refractivity contribution in [3.8, 4) is 0 Å². The van der Waals surface area contributed by atoms with E-state index in [1.807, 2.05) is 37.3 Å². The van der Waals surface area contributed by atoms with Crippen molar-refractivity contribution in [2.45, 2.75) is 32.7 Å². The summed E-state index contributed by atoms with van der Waals surface area (Å²) in [7, 11) is 0. The smallest absolute Gasteiger partial charge is 0.121 e. The van der Waals surface area contributed by atoms with Crippen LogP contribution >= 0.6 is 11.6 Å². The van der Waals surface area contributed by atoms with Crippen molar-refractivity contribution < 1.29 is 4.42 Å². The normalized spacial score (nSPS) is 12.6. The van der Waals surface area contributed by atoms with Gasteiger partial charge in [0, 0.05) is 5.02 Å². The SMILES string of the molecule is CCCNC(Cc1cccc(Cl)c1)c1ccc(C)o1. The first-order valence-corrected chi connectivity index (χ1v) is 7.11. The molecule has 1 aromatic carbocycles. The molecule has 0 aliphatic heterocycles. The van der Waals surface area contributed by atoms with Crippen molar-refractivity contribution in [1.29, 1.82) is 0 Å². The summed E-state index contributed by atoms with van der Waals surface area (Å²) in [5.41, 5.74) is 1.22. The van der Waals surface area contributed by atoms with E-state index >= 15 is 0 Å². The third-order valence-corrected chi connectivity index (χ3v) is 3.31. The molecule has 0 fully saturated rings. The average Bonchev–Trinajstić information content (AvgIpc) is 2.81. The van der Waals surface area contributed by atoms with Crippen LogP contribution in [0.15, 0.2) is 40.8 Å². The molecule has 0 aliphatic rings.